The lowest BCUT2D eigenvalue weighted by molar-refractivity contribution is 0.158. The van der Waals surface area contributed by atoms with Crippen LogP contribution in [0.3, 0.4) is 0 Å². The molecular weight excluding hydrogens is 238 g/mol. The largest absolute Gasteiger partial charge is 0.387 e. The van der Waals surface area contributed by atoms with Crippen molar-refractivity contribution in [2.24, 2.45) is 7.05 Å². The first-order valence-electron chi connectivity index (χ1n) is 5.43. The number of aromatic nitrogens is 3. The third kappa shape index (κ3) is 2.84. The monoisotopic (exact) mass is 251 g/mol. The fraction of sp³-hybridized carbons (Fsp3) is 0.333. The van der Waals surface area contributed by atoms with Crippen LogP contribution < -0.4 is 0 Å². The molecule has 0 spiro atoms. The van der Waals surface area contributed by atoms with Gasteiger partial charge in [-0.1, -0.05) is 11.6 Å². The van der Waals surface area contributed by atoms with Crippen LogP contribution >= 0.6 is 11.6 Å². The summed E-state index contributed by atoms with van der Waals surface area (Å²) < 4.78 is 1.61. The summed E-state index contributed by atoms with van der Waals surface area (Å²) in [5.74, 6) is 0. The number of hydrogen-bond acceptors (Lipinski definition) is 3. The molecule has 0 bridgehead atoms. The highest BCUT2D eigenvalue weighted by molar-refractivity contribution is 6.31. The van der Waals surface area contributed by atoms with Crippen molar-refractivity contribution in [1.82, 2.24) is 14.8 Å². The Morgan fingerprint density at radius 2 is 2.12 bits per heavy atom. The van der Waals surface area contributed by atoms with Gasteiger partial charge in [0.05, 0.1) is 23.0 Å². The molecule has 17 heavy (non-hydrogen) atoms. The van der Waals surface area contributed by atoms with Crippen LogP contribution in [0.15, 0.2) is 30.7 Å². The van der Waals surface area contributed by atoms with Gasteiger partial charge in [-0.3, -0.25) is 9.67 Å². The summed E-state index contributed by atoms with van der Waals surface area (Å²) in [7, 11) is 1.77. The zero-order valence-corrected chi connectivity index (χ0v) is 10.3. The molecule has 0 radical (unpaired) electrons. The van der Waals surface area contributed by atoms with Gasteiger partial charge in [0.2, 0.25) is 0 Å². The van der Waals surface area contributed by atoms with Gasteiger partial charge >= 0.3 is 0 Å². The van der Waals surface area contributed by atoms with E-state index < -0.39 is 6.10 Å². The molecule has 90 valence electrons. The van der Waals surface area contributed by atoms with Crippen LogP contribution in [0.1, 0.15) is 23.8 Å². The zero-order chi connectivity index (χ0) is 12.3. The molecule has 0 saturated carbocycles. The number of aliphatic hydroxyl groups excluding tert-OH is 1. The quantitative estimate of drug-likeness (QED) is 0.906. The number of aryl methyl sites for hydroxylation is 2. The third-order valence-corrected chi connectivity index (χ3v) is 3.00. The SMILES string of the molecule is Cn1ncc(Cl)c1C(O)CCc1ccncc1. The fourth-order valence-corrected chi connectivity index (χ4v) is 2.08. The number of hydrogen-bond donors (Lipinski definition) is 1. The molecule has 2 rings (SSSR count). The zero-order valence-electron chi connectivity index (χ0n) is 9.55. The summed E-state index contributed by atoms with van der Waals surface area (Å²) in [5.41, 5.74) is 1.82. The minimum Gasteiger partial charge on any atom is -0.387 e. The molecule has 0 aliphatic carbocycles. The van der Waals surface area contributed by atoms with Gasteiger partial charge in [0.1, 0.15) is 0 Å². The Hall–Kier alpha value is -1.39. The molecular formula is C12H14ClN3O. The average molecular weight is 252 g/mol. The van der Waals surface area contributed by atoms with Crippen LogP contribution in [-0.4, -0.2) is 19.9 Å². The lowest BCUT2D eigenvalue weighted by Gasteiger charge is -2.11. The van der Waals surface area contributed by atoms with E-state index in [1.807, 2.05) is 12.1 Å². The van der Waals surface area contributed by atoms with Gasteiger partial charge in [-0.25, -0.2) is 0 Å². The van der Waals surface area contributed by atoms with Crippen LogP contribution in [0.4, 0.5) is 0 Å². The average Bonchev–Trinajstić information content (AvgIpc) is 2.67. The van der Waals surface area contributed by atoms with E-state index in [0.717, 1.165) is 12.0 Å². The fourth-order valence-electron chi connectivity index (χ4n) is 1.78. The predicted octanol–water partition coefficient (Wildman–Crippen LogP) is 2.13. The van der Waals surface area contributed by atoms with Gasteiger partial charge in [-0.05, 0) is 30.5 Å². The van der Waals surface area contributed by atoms with Crippen LogP contribution in [0.25, 0.3) is 0 Å². The molecule has 1 atom stereocenters. The molecule has 5 heteroatoms. The minimum absolute atomic E-state index is 0.509. The summed E-state index contributed by atoms with van der Waals surface area (Å²) in [4.78, 5) is 3.95. The lowest BCUT2D eigenvalue weighted by Crippen LogP contribution is -2.07. The van der Waals surface area contributed by atoms with E-state index in [9.17, 15) is 5.11 Å². The van der Waals surface area contributed by atoms with E-state index in [4.69, 9.17) is 11.6 Å². The molecule has 2 heterocycles. The molecule has 4 nitrogen and oxygen atoms in total. The van der Waals surface area contributed by atoms with E-state index in [1.165, 1.54) is 0 Å². The number of nitrogens with zero attached hydrogens (tertiary/aromatic N) is 3. The maximum absolute atomic E-state index is 10.1. The number of rotatable bonds is 4. The number of aliphatic hydroxyl groups is 1. The Morgan fingerprint density at radius 3 is 2.71 bits per heavy atom. The van der Waals surface area contributed by atoms with E-state index in [0.29, 0.717) is 17.1 Å². The highest BCUT2D eigenvalue weighted by Crippen LogP contribution is 2.25. The molecule has 0 aromatic carbocycles. The first kappa shape index (κ1) is 12.1. The minimum atomic E-state index is -0.594. The van der Waals surface area contributed by atoms with E-state index in [2.05, 4.69) is 10.1 Å². The van der Waals surface area contributed by atoms with Crippen molar-refractivity contribution in [3.05, 3.63) is 47.0 Å². The number of halogens is 1. The van der Waals surface area contributed by atoms with Crippen molar-refractivity contribution in [2.75, 3.05) is 0 Å². The Bertz CT molecular complexity index is 464. The Kier molecular flexibility index (Phi) is 3.76. The number of pyridine rings is 1. The summed E-state index contributed by atoms with van der Waals surface area (Å²) in [6.45, 7) is 0. The topological polar surface area (TPSA) is 50.9 Å². The summed E-state index contributed by atoms with van der Waals surface area (Å²) in [5, 5.41) is 14.6. The molecule has 0 amide bonds. The van der Waals surface area contributed by atoms with Crippen molar-refractivity contribution in [2.45, 2.75) is 18.9 Å². The predicted molar refractivity (Wildman–Crippen MR) is 65.7 cm³/mol. The summed E-state index contributed by atoms with van der Waals surface area (Å²) >= 11 is 5.97. The molecule has 0 fully saturated rings. The van der Waals surface area contributed by atoms with Gasteiger partial charge in [0, 0.05) is 19.4 Å². The Balaban J connectivity index is 2.01. The first-order valence-corrected chi connectivity index (χ1v) is 5.80. The highest BCUT2D eigenvalue weighted by Gasteiger charge is 2.16. The molecule has 2 aromatic rings. The second kappa shape index (κ2) is 5.29. The van der Waals surface area contributed by atoms with Gasteiger partial charge < -0.3 is 5.11 Å². The van der Waals surface area contributed by atoms with Crippen molar-refractivity contribution in [3.8, 4) is 0 Å². The smallest absolute Gasteiger partial charge is 0.0974 e. The highest BCUT2D eigenvalue weighted by atomic mass is 35.5. The van der Waals surface area contributed by atoms with Crippen molar-refractivity contribution < 1.29 is 5.11 Å². The van der Waals surface area contributed by atoms with Crippen LogP contribution in [0, 0.1) is 0 Å². The van der Waals surface area contributed by atoms with Crippen molar-refractivity contribution in [3.63, 3.8) is 0 Å². The van der Waals surface area contributed by atoms with E-state index >= 15 is 0 Å². The van der Waals surface area contributed by atoms with Crippen molar-refractivity contribution in [1.29, 1.82) is 0 Å². The second-order valence-electron chi connectivity index (χ2n) is 3.91. The maximum Gasteiger partial charge on any atom is 0.0974 e. The molecule has 0 aliphatic heterocycles. The van der Waals surface area contributed by atoms with Crippen molar-refractivity contribution >= 4 is 11.6 Å². The molecule has 0 saturated heterocycles. The first-order chi connectivity index (χ1) is 8.18. The van der Waals surface area contributed by atoms with Gasteiger partial charge in [-0.15, -0.1) is 0 Å². The van der Waals surface area contributed by atoms with Gasteiger partial charge in [0.15, 0.2) is 0 Å². The molecule has 0 aliphatic rings. The van der Waals surface area contributed by atoms with E-state index in [1.54, 1.807) is 30.3 Å². The van der Waals surface area contributed by atoms with Crippen LogP contribution in [0.5, 0.6) is 0 Å². The standard InChI is InChI=1S/C12H14ClN3O/c1-16-12(10(13)8-15-16)11(17)3-2-9-4-6-14-7-5-9/h4-8,11,17H,2-3H2,1H3. The van der Waals surface area contributed by atoms with E-state index in [-0.39, 0.29) is 0 Å². The third-order valence-electron chi connectivity index (χ3n) is 2.71. The Labute approximate surface area is 105 Å². The molecule has 2 aromatic heterocycles. The van der Waals surface area contributed by atoms with Crippen LogP contribution in [0.2, 0.25) is 5.02 Å². The molecule has 1 unspecified atom stereocenters. The summed E-state index contributed by atoms with van der Waals surface area (Å²) in [6.07, 6.45) is 5.85. The maximum atomic E-state index is 10.1. The van der Waals surface area contributed by atoms with Gasteiger partial charge in [-0.2, -0.15) is 5.10 Å². The summed E-state index contributed by atoms with van der Waals surface area (Å²) in [6, 6.07) is 3.88. The Morgan fingerprint density at radius 1 is 1.41 bits per heavy atom. The normalized spacial score (nSPS) is 12.6. The molecule has 1 N–H and O–H groups in total. The van der Waals surface area contributed by atoms with Crippen LogP contribution in [-0.2, 0) is 13.5 Å². The van der Waals surface area contributed by atoms with Gasteiger partial charge in [0.25, 0.3) is 0 Å². The lowest BCUT2D eigenvalue weighted by atomic mass is 10.1. The second-order valence-corrected chi connectivity index (χ2v) is 4.32.